The van der Waals surface area contributed by atoms with Crippen LogP contribution in [0.25, 0.3) is 0 Å². The average Bonchev–Trinajstić information content (AvgIpc) is 2.16. The molecule has 0 amide bonds. The van der Waals surface area contributed by atoms with Crippen molar-refractivity contribution in [1.82, 2.24) is 0 Å². The molecule has 0 fully saturated rings. The van der Waals surface area contributed by atoms with E-state index in [-0.39, 0.29) is 12.5 Å². The van der Waals surface area contributed by atoms with Gasteiger partial charge >= 0.3 is 0 Å². The van der Waals surface area contributed by atoms with E-state index in [0.717, 1.165) is 10.2 Å². The minimum atomic E-state index is 0.225. The van der Waals surface area contributed by atoms with E-state index in [1.165, 1.54) is 5.56 Å². The Morgan fingerprint density at radius 3 is 2.46 bits per heavy atom. The van der Waals surface area contributed by atoms with Crippen LogP contribution in [0.4, 0.5) is 0 Å². The number of aliphatic hydroxyl groups excluding tert-OH is 1. The van der Waals surface area contributed by atoms with E-state index >= 15 is 0 Å². The Labute approximate surface area is 91.7 Å². The van der Waals surface area contributed by atoms with Gasteiger partial charge in [-0.2, -0.15) is 11.8 Å². The van der Waals surface area contributed by atoms with Crippen molar-refractivity contribution in [2.24, 2.45) is 0 Å². The number of aliphatic hydroxyl groups is 1. The third-order valence-electron chi connectivity index (χ3n) is 1.93. The molecule has 0 spiro atoms. The maximum Gasteiger partial charge on any atom is 0.0507 e. The molecule has 1 atom stereocenters. The topological polar surface area (TPSA) is 20.2 Å². The summed E-state index contributed by atoms with van der Waals surface area (Å²) >= 11 is 5.15. The molecule has 0 saturated carbocycles. The fraction of sp³-hybridized carbons (Fsp3) is 0.400. The zero-order valence-electron chi connectivity index (χ0n) is 7.53. The van der Waals surface area contributed by atoms with Crippen molar-refractivity contribution in [3.05, 3.63) is 34.3 Å². The zero-order chi connectivity index (χ0) is 9.68. The summed E-state index contributed by atoms with van der Waals surface area (Å²) in [6.45, 7) is 0.225. The van der Waals surface area contributed by atoms with Crippen molar-refractivity contribution in [2.75, 3.05) is 18.6 Å². The van der Waals surface area contributed by atoms with Crippen LogP contribution >= 0.6 is 27.7 Å². The molecule has 3 heteroatoms. The smallest absolute Gasteiger partial charge is 0.0507 e. The fourth-order valence-corrected chi connectivity index (χ4v) is 2.16. The number of thioether (sulfide) groups is 1. The highest BCUT2D eigenvalue weighted by molar-refractivity contribution is 9.10. The van der Waals surface area contributed by atoms with Crippen molar-refractivity contribution < 1.29 is 5.11 Å². The molecule has 1 aromatic carbocycles. The summed E-state index contributed by atoms with van der Waals surface area (Å²) in [6.07, 6.45) is 2.06. The molecule has 1 aromatic rings. The second-order valence-electron chi connectivity index (χ2n) is 2.89. The minimum Gasteiger partial charge on any atom is -0.396 e. The number of hydrogen-bond donors (Lipinski definition) is 1. The first-order valence-corrected chi connectivity index (χ1v) is 6.32. The summed E-state index contributed by atoms with van der Waals surface area (Å²) in [5.74, 6) is 1.24. The molecule has 0 aliphatic heterocycles. The number of rotatable bonds is 4. The van der Waals surface area contributed by atoms with Crippen LogP contribution in [0.5, 0.6) is 0 Å². The van der Waals surface area contributed by atoms with Crippen LogP contribution in [0.2, 0.25) is 0 Å². The Hall–Kier alpha value is 0.01000. The number of benzene rings is 1. The molecule has 72 valence electrons. The predicted octanol–water partition coefficient (Wildman–Crippen LogP) is 2.89. The Kier molecular flexibility index (Phi) is 4.84. The predicted molar refractivity (Wildman–Crippen MR) is 62.4 cm³/mol. The highest BCUT2D eigenvalue weighted by Crippen LogP contribution is 2.21. The average molecular weight is 261 g/mol. The first-order valence-electron chi connectivity index (χ1n) is 4.13. The maximum atomic E-state index is 9.15. The second-order valence-corrected chi connectivity index (χ2v) is 4.71. The minimum absolute atomic E-state index is 0.225. The third-order valence-corrected chi connectivity index (χ3v) is 3.19. The Bertz CT molecular complexity index is 248. The molecular weight excluding hydrogens is 248 g/mol. The van der Waals surface area contributed by atoms with Crippen LogP contribution in [0.1, 0.15) is 11.5 Å². The largest absolute Gasteiger partial charge is 0.396 e. The van der Waals surface area contributed by atoms with Crippen molar-refractivity contribution in [1.29, 1.82) is 0 Å². The van der Waals surface area contributed by atoms with Gasteiger partial charge in [0.2, 0.25) is 0 Å². The van der Waals surface area contributed by atoms with Gasteiger partial charge in [0.05, 0.1) is 6.61 Å². The molecule has 0 bridgehead atoms. The van der Waals surface area contributed by atoms with Gasteiger partial charge in [0.1, 0.15) is 0 Å². The van der Waals surface area contributed by atoms with Crippen molar-refractivity contribution in [2.45, 2.75) is 5.92 Å². The van der Waals surface area contributed by atoms with Gasteiger partial charge in [0.15, 0.2) is 0 Å². The number of hydrogen-bond acceptors (Lipinski definition) is 2. The van der Waals surface area contributed by atoms with E-state index in [9.17, 15) is 0 Å². The molecule has 0 saturated heterocycles. The fourth-order valence-electron chi connectivity index (χ4n) is 1.19. The van der Waals surface area contributed by atoms with Crippen LogP contribution < -0.4 is 0 Å². The second kappa shape index (κ2) is 5.68. The third kappa shape index (κ3) is 3.33. The maximum absolute atomic E-state index is 9.15. The highest BCUT2D eigenvalue weighted by atomic mass is 79.9. The van der Waals surface area contributed by atoms with Gasteiger partial charge in [-0.25, -0.2) is 0 Å². The van der Waals surface area contributed by atoms with Crippen LogP contribution in [0, 0.1) is 0 Å². The van der Waals surface area contributed by atoms with Crippen molar-refractivity contribution >= 4 is 27.7 Å². The van der Waals surface area contributed by atoms with E-state index in [1.807, 2.05) is 12.1 Å². The van der Waals surface area contributed by atoms with E-state index in [4.69, 9.17) is 5.11 Å². The van der Waals surface area contributed by atoms with Crippen LogP contribution in [-0.2, 0) is 0 Å². The first kappa shape index (κ1) is 11.1. The molecule has 0 aromatic heterocycles. The molecule has 13 heavy (non-hydrogen) atoms. The summed E-state index contributed by atoms with van der Waals surface area (Å²) in [4.78, 5) is 0. The van der Waals surface area contributed by atoms with E-state index in [1.54, 1.807) is 11.8 Å². The lowest BCUT2D eigenvalue weighted by atomic mass is 10.0. The van der Waals surface area contributed by atoms with Crippen molar-refractivity contribution in [3.63, 3.8) is 0 Å². The summed E-state index contributed by atoms with van der Waals surface area (Å²) in [5.41, 5.74) is 1.21. The lowest BCUT2D eigenvalue weighted by molar-refractivity contribution is 0.275. The lowest BCUT2D eigenvalue weighted by Gasteiger charge is -2.12. The van der Waals surface area contributed by atoms with Crippen molar-refractivity contribution in [3.8, 4) is 0 Å². The normalized spacial score (nSPS) is 12.8. The monoisotopic (exact) mass is 260 g/mol. The molecule has 1 N–H and O–H groups in total. The van der Waals surface area contributed by atoms with Gasteiger partial charge < -0.3 is 5.11 Å². The van der Waals surface area contributed by atoms with Gasteiger partial charge in [-0.05, 0) is 24.0 Å². The standard InChI is InChI=1S/C10H13BrOS/c1-13-7-9(6-12)8-2-4-10(11)5-3-8/h2-5,9,12H,6-7H2,1H3. The van der Waals surface area contributed by atoms with E-state index < -0.39 is 0 Å². The first-order chi connectivity index (χ1) is 6.27. The molecule has 1 rings (SSSR count). The summed E-state index contributed by atoms with van der Waals surface area (Å²) in [7, 11) is 0. The van der Waals surface area contributed by atoms with Crippen LogP contribution in [0.3, 0.4) is 0 Å². The molecule has 0 aliphatic carbocycles. The van der Waals surface area contributed by atoms with Gasteiger partial charge in [-0.1, -0.05) is 28.1 Å². The summed E-state index contributed by atoms with van der Waals surface area (Å²) < 4.78 is 1.08. The van der Waals surface area contributed by atoms with Gasteiger partial charge in [0, 0.05) is 16.1 Å². The van der Waals surface area contributed by atoms with Gasteiger partial charge in [-0.15, -0.1) is 0 Å². The molecule has 1 unspecified atom stereocenters. The molecular formula is C10H13BrOS. The SMILES string of the molecule is CSCC(CO)c1ccc(Br)cc1. The molecule has 0 heterocycles. The highest BCUT2D eigenvalue weighted by Gasteiger charge is 2.08. The number of halogens is 1. The zero-order valence-corrected chi connectivity index (χ0v) is 9.94. The summed E-state index contributed by atoms with van der Waals surface area (Å²) in [5, 5.41) is 9.15. The Morgan fingerprint density at radius 2 is 2.00 bits per heavy atom. The quantitative estimate of drug-likeness (QED) is 0.899. The van der Waals surface area contributed by atoms with Crippen LogP contribution in [0.15, 0.2) is 28.7 Å². The Morgan fingerprint density at radius 1 is 1.38 bits per heavy atom. The molecule has 1 nitrogen and oxygen atoms in total. The lowest BCUT2D eigenvalue weighted by Crippen LogP contribution is -2.06. The van der Waals surface area contributed by atoms with Gasteiger partial charge in [0.25, 0.3) is 0 Å². The van der Waals surface area contributed by atoms with Gasteiger partial charge in [-0.3, -0.25) is 0 Å². The Balaban J connectivity index is 2.73. The molecule has 0 radical (unpaired) electrons. The summed E-state index contributed by atoms with van der Waals surface area (Å²) in [6, 6.07) is 8.14. The van der Waals surface area contributed by atoms with E-state index in [2.05, 4.69) is 34.3 Å². The van der Waals surface area contributed by atoms with Crippen LogP contribution in [-0.4, -0.2) is 23.7 Å². The van der Waals surface area contributed by atoms with E-state index in [0.29, 0.717) is 0 Å². The molecule has 0 aliphatic rings.